The van der Waals surface area contributed by atoms with Crippen molar-refractivity contribution in [3.8, 4) is 6.07 Å². The van der Waals surface area contributed by atoms with Crippen LogP contribution in [0.2, 0.25) is 0 Å². The van der Waals surface area contributed by atoms with E-state index < -0.39 is 17.3 Å². The van der Waals surface area contributed by atoms with Crippen LogP contribution in [0.15, 0.2) is 30.3 Å². The Morgan fingerprint density at radius 2 is 2.00 bits per heavy atom. The van der Waals surface area contributed by atoms with Gasteiger partial charge in [0.15, 0.2) is 0 Å². The van der Waals surface area contributed by atoms with E-state index in [9.17, 15) is 9.59 Å². The van der Waals surface area contributed by atoms with Crippen LogP contribution >= 0.6 is 0 Å². The second kappa shape index (κ2) is 5.23. The Morgan fingerprint density at radius 1 is 1.41 bits per heavy atom. The third-order valence-electron chi connectivity index (χ3n) is 2.17. The molecule has 88 valence electrons. The van der Waals surface area contributed by atoms with E-state index in [0.717, 1.165) is 0 Å². The molecule has 1 rings (SSSR count). The molecule has 1 unspecified atom stereocenters. The maximum atomic E-state index is 12.0. The Bertz CT molecular complexity index is 464. The minimum atomic E-state index is -2.28. The van der Waals surface area contributed by atoms with E-state index in [2.05, 4.69) is 4.74 Å². The number of esters is 1. The summed E-state index contributed by atoms with van der Waals surface area (Å²) in [5.74, 6) is -1.80. The van der Waals surface area contributed by atoms with Crippen molar-refractivity contribution in [2.45, 2.75) is 12.5 Å². The van der Waals surface area contributed by atoms with Gasteiger partial charge in [0.05, 0.1) is 6.61 Å². The number of nitrogens with zero attached hydrogens (tertiary/aromatic N) is 1. The lowest BCUT2D eigenvalue weighted by molar-refractivity contribution is -0.145. The molecule has 1 aromatic rings. The second-order valence-electron chi connectivity index (χ2n) is 3.34. The molecular formula is C12H12N2O3. The van der Waals surface area contributed by atoms with Crippen LogP contribution in [0, 0.1) is 11.3 Å². The van der Waals surface area contributed by atoms with E-state index in [4.69, 9.17) is 11.0 Å². The quantitative estimate of drug-likeness (QED) is 0.467. The highest BCUT2D eigenvalue weighted by Crippen LogP contribution is 2.12. The highest BCUT2D eigenvalue weighted by Gasteiger charge is 2.44. The standard InChI is InChI=1S/C12H12N2O3/c1-2-17-11(16)12(14,8-13)10(15)9-6-4-3-5-7-9/h3-7H,2,14H2,1H3. The Balaban J connectivity index is 3.08. The summed E-state index contributed by atoms with van der Waals surface area (Å²) in [7, 11) is 0. The van der Waals surface area contributed by atoms with Crippen molar-refractivity contribution >= 4 is 11.8 Å². The van der Waals surface area contributed by atoms with Crippen molar-refractivity contribution in [3.05, 3.63) is 35.9 Å². The third kappa shape index (κ3) is 2.49. The molecular weight excluding hydrogens is 220 g/mol. The van der Waals surface area contributed by atoms with Crippen LogP contribution in [0.1, 0.15) is 17.3 Å². The SMILES string of the molecule is CCOC(=O)C(N)(C#N)C(=O)c1ccccc1. The van der Waals surface area contributed by atoms with E-state index in [1.165, 1.54) is 18.2 Å². The van der Waals surface area contributed by atoms with Gasteiger partial charge in [0.25, 0.3) is 5.54 Å². The summed E-state index contributed by atoms with van der Waals surface area (Å²) in [6.45, 7) is 1.63. The Kier molecular flexibility index (Phi) is 3.96. The number of hydrogen-bond donors (Lipinski definition) is 1. The van der Waals surface area contributed by atoms with Gasteiger partial charge in [-0.3, -0.25) is 10.5 Å². The third-order valence-corrected chi connectivity index (χ3v) is 2.17. The fourth-order valence-electron chi connectivity index (χ4n) is 1.25. The minimum Gasteiger partial charge on any atom is -0.463 e. The number of benzene rings is 1. The molecule has 0 radical (unpaired) electrons. The maximum Gasteiger partial charge on any atom is 0.349 e. The number of ether oxygens (including phenoxy) is 1. The van der Waals surface area contributed by atoms with Crippen LogP contribution in [-0.2, 0) is 9.53 Å². The molecule has 0 aliphatic heterocycles. The molecule has 0 aliphatic carbocycles. The van der Waals surface area contributed by atoms with Crippen LogP contribution in [0.25, 0.3) is 0 Å². The molecule has 0 aliphatic rings. The number of nitriles is 1. The van der Waals surface area contributed by atoms with Crippen LogP contribution < -0.4 is 5.73 Å². The van der Waals surface area contributed by atoms with Crippen molar-refractivity contribution in [3.63, 3.8) is 0 Å². The van der Waals surface area contributed by atoms with Crippen LogP contribution in [-0.4, -0.2) is 23.9 Å². The average molecular weight is 232 g/mol. The number of hydrogen-bond acceptors (Lipinski definition) is 5. The smallest absolute Gasteiger partial charge is 0.349 e. The zero-order valence-corrected chi connectivity index (χ0v) is 9.34. The summed E-state index contributed by atoms with van der Waals surface area (Å²) in [5, 5.41) is 8.92. The number of ketones is 1. The number of nitrogens with two attached hydrogens (primary N) is 1. The second-order valence-corrected chi connectivity index (χ2v) is 3.34. The zero-order valence-electron chi connectivity index (χ0n) is 9.34. The van der Waals surface area contributed by atoms with E-state index in [0.29, 0.717) is 0 Å². The van der Waals surface area contributed by atoms with E-state index in [-0.39, 0.29) is 12.2 Å². The zero-order chi connectivity index (χ0) is 12.9. The fourth-order valence-corrected chi connectivity index (χ4v) is 1.25. The van der Waals surface area contributed by atoms with Crippen LogP contribution in [0.3, 0.4) is 0 Å². The van der Waals surface area contributed by atoms with Gasteiger partial charge in [-0.05, 0) is 6.92 Å². The number of carbonyl (C=O) groups is 2. The molecule has 0 fully saturated rings. The summed E-state index contributed by atoms with van der Waals surface area (Å²) in [6.07, 6.45) is 0. The van der Waals surface area contributed by atoms with Gasteiger partial charge in [-0.2, -0.15) is 5.26 Å². The average Bonchev–Trinajstić information content (AvgIpc) is 2.38. The fraction of sp³-hybridized carbons (Fsp3) is 0.250. The number of carbonyl (C=O) groups excluding carboxylic acids is 2. The van der Waals surface area contributed by atoms with Gasteiger partial charge in [0.1, 0.15) is 6.07 Å². The topological polar surface area (TPSA) is 93.2 Å². The highest BCUT2D eigenvalue weighted by atomic mass is 16.5. The first kappa shape index (κ1) is 12.9. The van der Waals surface area contributed by atoms with Crippen molar-refractivity contribution in [1.82, 2.24) is 0 Å². The van der Waals surface area contributed by atoms with Gasteiger partial charge >= 0.3 is 5.97 Å². The van der Waals surface area contributed by atoms with Gasteiger partial charge in [-0.25, -0.2) is 4.79 Å². The lowest BCUT2D eigenvalue weighted by atomic mass is 9.92. The Labute approximate surface area is 98.8 Å². The molecule has 0 saturated heterocycles. The van der Waals surface area contributed by atoms with Gasteiger partial charge in [-0.1, -0.05) is 30.3 Å². The van der Waals surface area contributed by atoms with Gasteiger partial charge < -0.3 is 4.74 Å². The monoisotopic (exact) mass is 232 g/mol. The Morgan fingerprint density at radius 3 is 2.47 bits per heavy atom. The predicted molar refractivity (Wildman–Crippen MR) is 59.9 cm³/mol. The van der Waals surface area contributed by atoms with Crippen molar-refractivity contribution in [2.75, 3.05) is 6.61 Å². The lowest BCUT2D eigenvalue weighted by Gasteiger charge is -2.17. The summed E-state index contributed by atoms with van der Waals surface area (Å²) in [5.41, 5.74) is 3.44. The molecule has 5 nitrogen and oxygen atoms in total. The van der Waals surface area contributed by atoms with E-state index in [1.54, 1.807) is 25.1 Å². The maximum absolute atomic E-state index is 12.0. The lowest BCUT2D eigenvalue weighted by Crippen LogP contribution is -2.54. The molecule has 0 heterocycles. The molecule has 0 saturated carbocycles. The van der Waals surface area contributed by atoms with Crippen molar-refractivity contribution in [2.24, 2.45) is 5.73 Å². The van der Waals surface area contributed by atoms with E-state index >= 15 is 0 Å². The molecule has 17 heavy (non-hydrogen) atoms. The van der Waals surface area contributed by atoms with Gasteiger partial charge in [0, 0.05) is 5.56 Å². The number of Topliss-reactive ketones (excluding diaryl/α,β-unsaturated/α-hetero) is 1. The molecule has 0 spiro atoms. The van der Waals surface area contributed by atoms with Crippen LogP contribution in [0.5, 0.6) is 0 Å². The molecule has 1 atom stereocenters. The van der Waals surface area contributed by atoms with Crippen LogP contribution in [0.4, 0.5) is 0 Å². The van der Waals surface area contributed by atoms with Gasteiger partial charge in [0.2, 0.25) is 5.78 Å². The molecule has 2 N–H and O–H groups in total. The molecule has 5 heteroatoms. The summed E-state index contributed by atoms with van der Waals surface area (Å²) in [4.78, 5) is 23.5. The molecule has 0 amide bonds. The first-order chi connectivity index (χ1) is 8.06. The van der Waals surface area contributed by atoms with E-state index in [1.807, 2.05) is 0 Å². The van der Waals surface area contributed by atoms with Crippen molar-refractivity contribution in [1.29, 1.82) is 5.26 Å². The van der Waals surface area contributed by atoms with Crippen molar-refractivity contribution < 1.29 is 14.3 Å². The number of rotatable bonds is 4. The summed E-state index contributed by atoms with van der Waals surface area (Å²) >= 11 is 0. The first-order valence-corrected chi connectivity index (χ1v) is 5.03. The van der Waals surface area contributed by atoms with Gasteiger partial charge in [-0.15, -0.1) is 0 Å². The highest BCUT2D eigenvalue weighted by molar-refractivity contribution is 6.18. The first-order valence-electron chi connectivity index (χ1n) is 5.03. The molecule has 0 bridgehead atoms. The Hall–Kier alpha value is -2.19. The predicted octanol–water partition coefficient (Wildman–Crippen LogP) is 0.653. The normalized spacial score (nSPS) is 13.2. The summed E-state index contributed by atoms with van der Waals surface area (Å²) in [6, 6.07) is 9.44. The largest absolute Gasteiger partial charge is 0.463 e. The molecule has 0 aromatic heterocycles. The summed E-state index contributed by atoms with van der Waals surface area (Å²) < 4.78 is 4.63. The molecule has 1 aromatic carbocycles. The minimum absolute atomic E-state index is 0.0571.